The number of hydrogen-bond donors (Lipinski definition) is 0. The van der Waals surface area contributed by atoms with Crippen molar-refractivity contribution in [1.82, 2.24) is 13.9 Å². The van der Waals surface area contributed by atoms with E-state index in [0.29, 0.717) is 53.2 Å². The van der Waals surface area contributed by atoms with Crippen LogP contribution in [-0.2, 0) is 27.1 Å². The van der Waals surface area contributed by atoms with Crippen molar-refractivity contribution in [3.63, 3.8) is 0 Å². The number of ether oxygens (including phenoxy) is 3. The summed E-state index contributed by atoms with van der Waals surface area (Å²) in [4.78, 5) is 5.22. The van der Waals surface area contributed by atoms with Gasteiger partial charge in [-0.3, -0.25) is 0 Å². The second-order valence-electron chi connectivity index (χ2n) is 9.84. The Hall–Kier alpha value is -2.27. The molecule has 5 rings (SSSR count). The summed E-state index contributed by atoms with van der Waals surface area (Å²) in [5.74, 6) is 2.40. The van der Waals surface area contributed by atoms with Crippen molar-refractivity contribution in [2.75, 3.05) is 33.9 Å². The summed E-state index contributed by atoms with van der Waals surface area (Å²) in [7, 11) is -0.289. The average molecular weight is 546 g/mol. The highest BCUT2D eigenvalue weighted by molar-refractivity contribution is 7.98. The molecule has 0 aliphatic carbocycles. The van der Waals surface area contributed by atoms with E-state index < -0.39 is 10.0 Å². The van der Waals surface area contributed by atoms with Gasteiger partial charge in [0.25, 0.3) is 0 Å². The number of aromatic nitrogens is 2. The van der Waals surface area contributed by atoms with Crippen molar-refractivity contribution in [2.24, 2.45) is 5.92 Å². The number of sulfonamides is 1. The topological polar surface area (TPSA) is 82.9 Å². The largest absolute Gasteiger partial charge is 0.493 e. The fraction of sp³-hybridized carbons (Fsp3) is 0.519. The summed E-state index contributed by atoms with van der Waals surface area (Å²) in [6.45, 7) is 4.71. The predicted octanol–water partition coefficient (Wildman–Crippen LogP) is 4.95. The lowest BCUT2D eigenvalue weighted by Gasteiger charge is -2.30. The van der Waals surface area contributed by atoms with Crippen molar-refractivity contribution >= 4 is 32.8 Å². The van der Waals surface area contributed by atoms with Crippen molar-refractivity contribution in [1.29, 1.82) is 0 Å². The second-order valence-corrected chi connectivity index (χ2v) is 12.7. The number of rotatable bonds is 9. The fourth-order valence-corrected chi connectivity index (χ4v) is 7.87. The molecule has 37 heavy (non-hydrogen) atoms. The zero-order valence-electron chi connectivity index (χ0n) is 21.7. The number of fused-ring (bicyclic) bond motifs is 1. The maximum atomic E-state index is 13.4. The minimum Gasteiger partial charge on any atom is -0.493 e. The van der Waals surface area contributed by atoms with Crippen LogP contribution < -0.4 is 9.47 Å². The number of benzene rings is 2. The SMILES string of the molecule is COc1cccc(CSc2nc3cc(S(=O)(=O)N4CCC[C@@H](C)C4)ccc3n2C[C@H]2CCCO2)c1OC. The maximum Gasteiger partial charge on any atom is 0.243 e. The lowest BCUT2D eigenvalue weighted by atomic mass is 10.0. The van der Waals surface area contributed by atoms with Gasteiger partial charge in [0.1, 0.15) is 0 Å². The molecule has 2 aliphatic heterocycles. The minimum absolute atomic E-state index is 0.126. The van der Waals surface area contributed by atoms with Crippen LogP contribution in [0.2, 0.25) is 0 Å². The number of imidazole rings is 1. The molecule has 2 fully saturated rings. The molecule has 0 saturated carbocycles. The first-order chi connectivity index (χ1) is 17.9. The number of methoxy groups -OCH3 is 2. The molecule has 0 N–H and O–H groups in total. The summed E-state index contributed by atoms with van der Waals surface area (Å²) in [5.41, 5.74) is 2.61. The number of nitrogens with zero attached hydrogens (tertiary/aromatic N) is 3. The van der Waals surface area contributed by atoms with Gasteiger partial charge in [0.15, 0.2) is 16.7 Å². The third-order valence-corrected chi connectivity index (χ3v) is 10.1. The van der Waals surface area contributed by atoms with Crippen LogP contribution in [0.4, 0.5) is 0 Å². The molecule has 0 radical (unpaired) electrons. The van der Waals surface area contributed by atoms with Crippen molar-refractivity contribution in [3.05, 3.63) is 42.0 Å². The van der Waals surface area contributed by atoms with Crippen LogP contribution >= 0.6 is 11.8 Å². The number of thioether (sulfide) groups is 1. The highest BCUT2D eigenvalue weighted by atomic mass is 32.2. The lowest BCUT2D eigenvalue weighted by Crippen LogP contribution is -2.39. The van der Waals surface area contributed by atoms with Gasteiger partial charge in [-0.1, -0.05) is 30.8 Å². The molecule has 3 aromatic rings. The Morgan fingerprint density at radius 1 is 1.14 bits per heavy atom. The van der Waals surface area contributed by atoms with Crippen molar-refractivity contribution < 1.29 is 22.6 Å². The van der Waals surface area contributed by atoms with E-state index in [0.717, 1.165) is 48.5 Å². The normalized spacial score (nSPS) is 20.9. The lowest BCUT2D eigenvalue weighted by molar-refractivity contribution is 0.0960. The van der Waals surface area contributed by atoms with Gasteiger partial charge >= 0.3 is 0 Å². The van der Waals surface area contributed by atoms with Crippen LogP contribution in [0.15, 0.2) is 46.5 Å². The average Bonchev–Trinajstić information content (AvgIpc) is 3.55. The quantitative estimate of drug-likeness (QED) is 0.352. The third kappa shape index (κ3) is 5.48. The van der Waals surface area contributed by atoms with Crippen molar-refractivity contribution in [3.8, 4) is 11.5 Å². The first-order valence-corrected chi connectivity index (χ1v) is 15.3. The van der Waals surface area contributed by atoms with Gasteiger partial charge in [-0.25, -0.2) is 13.4 Å². The molecule has 0 bridgehead atoms. The number of para-hydroxylation sites is 1. The summed E-state index contributed by atoms with van der Waals surface area (Å²) >= 11 is 1.60. The van der Waals surface area contributed by atoms with Crippen LogP contribution in [-0.4, -0.2) is 62.3 Å². The summed E-state index contributed by atoms with van der Waals surface area (Å²) in [6.07, 6.45) is 4.15. The predicted molar refractivity (Wildman–Crippen MR) is 145 cm³/mol. The Balaban J connectivity index is 1.48. The fourth-order valence-electron chi connectivity index (χ4n) is 5.25. The van der Waals surface area contributed by atoms with Crippen LogP contribution in [0.25, 0.3) is 11.0 Å². The van der Waals surface area contributed by atoms with Gasteiger partial charge in [-0.2, -0.15) is 4.31 Å². The molecule has 3 heterocycles. The Morgan fingerprint density at radius 3 is 2.73 bits per heavy atom. The van der Waals surface area contributed by atoms with Gasteiger partial charge in [-0.15, -0.1) is 0 Å². The van der Waals surface area contributed by atoms with Crippen molar-refractivity contribution in [2.45, 2.75) is 61.1 Å². The zero-order chi connectivity index (χ0) is 26.0. The minimum atomic E-state index is -3.56. The first-order valence-electron chi connectivity index (χ1n) is 12.9. The van der Waals surface area contributed by atoms with Gasteiger partial charge in [0.05, 0.1) is 42.8 Å². The van der Waals surface area contributed by atoms with E-state index >= 15 is 0 Å². The Bertz CT molecular complexity index is 1350. The monoisotopic (exact) mass is 545 g/mol. The highest BCUT2D eigenvalue weighted by Crippen LogP contribution is 2.36. The van der Waals surface area contributed by atoms with Gasteiger partial charge in [0.2, 0.25) is 10.0 Å². The Morgan fingerprint density at radius 2 is 2.00 bits per heavy atom. The van der Waals surface area contributed by atoms with E-state index in [4.69, 9.17) is 19.2 Å². The molecule has 2 saturated heterocycles. The van der Waals surface area contributed by atoms with Crippen LogP contribution in [0.5, 0.6) is 11.5 Å². The van der Waals surface area contributed by atoms with E-state index in [9.17, 15) is 8.42 Å². The Labute approximate surface area is 223 Å². The standard InChI is InChI=1S/C27H35N3O5S2/c1-19-7-5-13-29(16-19)37(31,32)22-11-12-24-23(15-22)28-27(30(24)17-21-9-6-14-35-21)36-18-20-8-4-10-25(33-2)26(20)34-3/h4,8,10-12,15,19,21H,5-7,9,13-14,16-18H2,1-3H3/t19-,21-/m1/s1. The van der Waals surface area contributed by atoms with E-state index in [1.807, 2.05) is 24.3 Å². The van der Waals surface area contributed by atoms with Crippen LogP contribution in [0.3, 0.4) is 0 Å². The molecular weight excluding hydrogens is 510 g/mol. The Kier molecular flexibility index (Phi) is 7.99. The molecule has 0 spiro atoms. The van der Waals surface area contributed by atoms with E-state index in [-0.39, 0.29) is 6.10 Å². The summed E-state index contributed by atoms with van der Waals surface area (Å²) < 4.78 is 47.7. The van der Waals surface area contributed by atoms with E-state index in [2.05, 4.69) is 11.5 Å². The maximum absolute atomic E-state index is 13.4. The molecule has 200 valence electrons. The van der Waals surface area contributed by atoms with Gasteiger partial charge in [0, 0.05) is 31.0 Å². The van der Waals surface area contributed by atoms with Gasteiger partial charge in [-0.05, 0) is 55.9 Å². The molecule has 0 amide bonds. The highest BCUT2D eigenvalue weighted by Gasteiger charge is 2.29. The van der Waals surface area contributed by atoms with E-state index in [1.165, 1.54) is 0 Å². The molecule has 2 aliphatic rings. The number of piperidine rings is 1. The molecule has 1 aromatic heterocycles. The van der Waals surface area contributed by atoms with Crippen LogP contribution in [0, 0.1) is 5.92 Å². The second kappa shape index (κ2) is 11.2. The molecule has 10 heteroatoms. The summed E-state index contributed by atoms with van der Waals surface area (Å²) in [5, 5.41) is 0.830. The van der Waals surface area contributed by atoms with Crippen LogP contribution in [0.1, 0.15) is 38.2 Å². The number of hydrogen-bond acceptors (Lipinski definition) is 7. The van der Waals surface area contributed by atoms with Gasteiger partial charge < -0.3 is 18.8 Å². The molecular formula is C27H35N3O5S2. The molecule has 8 nitrogen and oxygen atoms in total. The molecule has 2 aromatic carbocycles. The first kappa shape index (κ1) is 26.3. The third-order valence-electron chi connectivity index (χ3n) is 7.19. The zero-order valence-corrected chi connectivity index (χ0v) is 23.3. The molecule has 2 atom stereocenters. The summed E-state index contributed by atoms with van der Waals surface area (Å²) in [6, 6.07) is 11.2. The smallest absolute Gasteiger partial charge is 0.243 e. The van der Waals surface area contributed by atoms with E-state index in [1.54, 1.807) is 42.4 Å². The molecule has 0 unspecified atom stereocenters.